The average molecular weight is 293 g/mol. The van der Waals surface area contributed by atoms with E-state index in [4.69, 9.17) is 10.00 Å². The number of hydrogen-bond donors (Lipinski definition) is 2. The van der Waals surface area contributed by atoms with Crippen molar-refractivity contribution in [2.75, 3.05) is 19.7 Å². The van der Waals surface area contributed by atoms with Gasteiger partial charge in [0, 0.05) is 12.6 Å². The van der Waals surface area contributed by atoms with E-state index in [9.17, 15) is 14.7 Å². The highest BCUT2D eigenvalue weighted by Gasteiger charge is 2.51. The summed E-state index contributed by atoms with van der Waals surface area (Å²) in [5.74, 6) is -0.827. The normalized spacial score (nSPS) is 38.0. The van der Waals surface area contributed by atoms with Crippen molar-refractivity contribution in [3.63, 3.8) is 0 Å². The maximum Gasteiger partial charge on any atom is 0.317 e. The van der Waals surface area contributed by atoms with Gasteiger partial charge in [-0.05, 0) is 31.1 Å². The van der Waals surface area contributed by atoms with E-state index in [1.807, 2.05) is 6.07 Å². The highest BCUT2D eigenvalue weighted by atomic mass is 16.5. The number of hydrogen-bond acceptors (Lipinski definition) is 4. The van der Waals surface area contributed by atoms with Gasteiger partial charge >= 0.3 is 12.0 Å². The summed E-state index contributed by atoms with van der Waals surface area (Å²) in [4.78, 5) is 25.3. The molecule has 114 valence electrons. The fourth-order valence-corrected chi connectivity index (χ4v) is 4.00. The summed E-state index contributed by atoms with van der Waals surface area (Å²) in [6.07, 6.45) is 2.23. The zero-order valence-electron chi connectivity index (χ0n) is 11.7. The number of nitrogens with one attached hydrogen (secondary N) is 1. The highest BCUT2D eigenvalue weighted by Crippen LogP contribution is 2.48. The largest absolute Gasteiger partial charge is 0.481 e. The van der Waals surface area contributed by atoms with Crippen LogP contribution in [0.15, 0.2) is 0 Å². The molecule has 3 rings (SSSR count). The number of morpholine rings is 1. The molecule has 7 heteroatoms. The van der Waals surface area contributed by atoms with Crippen LogP contribution < -0.4 is 5.32 Å². The monoisotopic (exact) mass is 293 g/mol. The van der Waals surface area contributed by atoms with Crippen molar-refractivity contribution in [2.24, 2.45) is 17.8 Å². The minimum Gasteiger partial charge on any atom is -0.481 e. The first-order valence-corrected chi connectivity index (χ1v) is 7.39. The molecular formula is C14H19N3O4. The number of nitriles is 1. The third-order valence-electron chi connectivity index (χ3n) is 4.99. The molecule has 3 fully saturated rings. The molecule has 0 radical (unpaired) electrons. The lowest BCUT2D eigenvalue weighted by Gasteiger charge is -2.34. The molecule has 2 aliphatic carbocycles. The third kappa shape index (κ3) is 2.56. The third-order valence-corrected chi connectivity index (χ3v) is 4.99. The van der Waals surface area contributed by atoms with Gasteiger partial charge in [0.15, 0.2) is 6.10 Å². The smallest absolute Gasteiger partial charge is 0.317 e. The Morgan fingerprint density at radius 2 is 2.10 bits per heavy atom. The number of carbonyl (C=O) groups is 2. The van der Waals surface area contributed by atoms with Crippen LogP contribution in [0.3, 0.4) is 0 Å². The Bertz CT molecular complexity index is 489. The molecule has 2 saturated carbocycles. The number of aliphatic carboxylic acids is 1. The molecule has 1 aliphatic heterocycles. The second kappa shape index (κ2) is 5.53. The summed E-state index contributed by atoms with van der Waals surface area (Å²) in [7, 11) is 0. The Balaban J connectivity index is 1.64. The van der Waals surface area contributed by atoms with E-state index in [1.165, 1.54) is 0 Å². The van der Waals surface area contributed by atoms with Gasteiger partial charge < -0.3 is 20.1 Å². The van der Waals surface area contributed by atoms with Gasteiger partial charge in [-0.2, -0.15) is 5.26 Å². The van der Waals surface area contributed by atoms with E-state index in [1.54, 1.807) is 4.90 Å². The summed E-state index contributed by atoms with van der Waals surface area (Å²) < 4.78 is 5.21. The number of ether oxygens (including phenoxy) is 1. The van der Waals surface area contributed by atoms with Crippen molar-refractivity contribution in [3.05, 3.63) is 0 Å². The fourth-order valence-electron chi connectivity index (χ4n) is 4.00. The number of rotatable bonds is 2. The SMILES string of the molecule is N#CC1CN(C(=O)NC2C3CCC(C3)C2C(=O)O)CCO1. The summed E-state index contributed by atoms with van der Waals surface area (Å²) in [6, 6.07) is 1.44. The minimum absolute atomic E-state index is 0.189. The second-order valence-corrected chi connectivity index (χ2v) is 6.11. The first kappa shape index (κ1) is 14.1. The zero-order chi connectivity index (χ0) is 15.0. The van der Waals surface area contributed by atoms with Crippen molar-refractivity contribution in [2.45, 2.75) is 31.4 Å². The van der Waals surface area contributed by atoms with Crippen LogP contribution >= 0.6 is 0 Å². The van der Waals surface area contributed by atoms with Gasteiger partial charge in [-0.25, -0.2) is 4.79 Å². The lowest BCUT2D eigenvalue weighted by Crippen LogP contribution is -2.55. The highest BCUT2D eigenvalue weighted by molar-refractivity contribution is 5.78. The molecule has 5 atom stereocenters. The van der Waals surface area contributed by atoms with Gasteiger partial charge in [0.25, 0.3) is 0 Å². The van der Waals surface area contributed by atoms with Crippen LogP contribution in [0, 0.1) is 29.1 Å². The molecule has 2 amide bonds. The predicted octanol–water partition coefficient (Wildman–Crippen LogP) is 0.420. The van der Waals surface area contributed by atoms with Crippen molar-refractivity contribution in [1.29, 1.82) is 5.26 Å². The zero-order valence-corrected chi connectivity index (χ0v) is 11.7. The molecular weight excluding hydrogens is 274 g/mol. The van der Waals surface area contributed by atoms with Gasteiger partial charge in [-0.3, -0.25) is 4.79 Å². The second-order valence-electron chi connectivity index (χ2n) is 6.11. The molecule has 2 N–H and O–H groups in total. The Hall–Kier alpha value is -1.81. The van der Waals surface area contributed by atoms with Crippen LogP contribution in [0.25, 0.3) is 0 Å². The number of fused-ring (bicyclic) bond motifs is 2. The van der Waals surface area contributed by atoms with Crippen LogP contribution in [0.1, 0.15) is 19.3 Å². The summed E-state index contributed by atoms with van der Waals surface area (Å²) in [5.41, 5.74) is 0. The maximum atomic E-state index is 12.3. The van der Waals surface area contributed by atoms with E-state index in [2.05, 4.69) is 5.32 Å². The van der Waals surface area contributed by atoms with Crippen molar-refractivity contribution < 1.29 is 19.4 Å². The predicted molar refractivity (Wildman–Crippen MR) is 71.2 cm³/mol. The summed E-state index contributed by atoms with van der Waals surface area (Å²) in [5, 5.41) is 21.1. The lowest BCUT2D eigenvalue weighted by atomic mass is 9.84. The van der Waals surface area contributed by atoms with Crippen molar-refractivity contribution in [1.82, 2.24) is 10.2 Å². The van der Waals surface area contributed by atoms with Crippen LogP contribution in [-0.2, 0) is 9.53 Å². The van der Waals surface area contributed by atoms with E-state index < -0.39 is 18.0 Å². The first-order chi connectivity index (χ1) is 10.1. The van der Waals surface area contributed by atoms with Gasteiger partial charge in [0.1, 0.15) is 0 Å². The number of carboxylic acid groups (broad SMARTS) is 1. The van der Waals surface area contributed by atoms with Crippen LogP contribution in [0.2, 0.25) is 0 Å². The number of nitrogens with zero attached hydrogens (tertiary/aromatic N) is 2. The van der Waals surface area contributed by atoms with Gasteiger partial charge in [0.05, 0.1) is 25.1 Å². The molecule has 0 spiro atoms. The summed E-state index contributed by atoms with van der Waals surface area (Å²) in [6.45, 7) is 1.01. The molecule has 1 heterocycles. The average Bonchev–Trinajstić information content (AvgIpc) is 3.08. The Labute approximate surface area is 122 Å². The van der Waals surface area contributed by atoms with Crippen LogP contribution in [-0.4, -0.2) is 53.8 Å². The lowest BCUT2D eigenvalue weighted by molar-refractivity contribution is -0.144. The first-order valence-electron chi connectivity index (χ1n) is 7.39. The maximum absolute atomic E-state index is 12.3. The standard InChI is InChI=1S/C14H19N3O4/c15-6-10-7-17(3-4-21-10)14(20)16-12-9-2-1-8(5-9)11(12)13(18)19/h8-12H,1-5,7H2,(H,16,20)(H,18,19). The molecule has 5 unspecified atom stereocenters. The fraction of sp³-hybridized carbons (Fsp3) is 0.786. The molecule has 1 saturated heterocycles. The minimum atomic E-state index is -0.815. The number of carbonyl (C=O) groups excluding carboxylic acids is 1. The van der Waals surface area contributed by atoms with Crippen molar-refractivity contribution >= 4 is 12.0 Å². The van der Waals surface area contributed by atoms with Crippen LogP contribution in [0.4, 0.5) is 4.79 Å². The number of urea groups is 1. The van der Waals surface area contributed by atoms with Gasteiger partial charge in [-0.15, -0.1) is 0 Å². The van der Waals surface area contributed by atoms with Gasteiger partial charge in [0.2, 0.25) is 0 Å². The molecule has 7 nitrogen and oxygen atoms in total. The summed E-state index contributed by atoms with van der Waals surface area (Å²) >= 11 is 0. The van der Waals surface area contributed by atoms with Crippen molar-refractivity contribution in [3.8, 4) is 6.07 Å². The van der Waals surface area contributed by atoms with Crippen LogP contribution in [0.5, 0.6) is 0 Å². The molecule has 0 aromatic carbocycles. The molecule has 3 aliphatic rings. The van der Waals surface area contributed by atoms with E-state index >= 15 is 0 Å². The molecule has 21 heavy (non-hydrogen) atoms. The Morgan fingerprint density at radius 3 is 2.81 bits per heavy atom. The number of amides is 2. The molecule has 0 aromatic rings. The molecule has 0 aromatic heterocycles. The Morgan fingerprint density at radius 1 is 1.33 bits per heavy atom. The Kier molecular flexibility index (Phi) is 3.72. The topological polar surface area (TPSA) is 103 Å². The van der Waals surface area contributed by atoms with E-state index in [0.717, 1.165) is 19.3 Å². The number of carboxylic acids is 1. The quantitative estimate of drug-likeness (QED) is 0.768. The molecule has 2 bridgehead atoms. The van der Waals surface area contributed by atoms with Gasteiger partial charge in [-0.1, -0.05) is 0 Å². The van der Waals surface area contributed by atoms with E-state index in [-0.39, 0.29) is 30.5 Å². The van der Waals surface area contributed by atoms with E-state index in [0.29, 0.717) is 13.2 Å².